The van der Waals surface area contributed by atoms with Crippen molar-refractivity contribution in [1.82, 2.24) is 0 Å². The molecule has 0 saturated carbocycles. The van der Waals surface area contributed by atoms with Gasteiger partial charge in [0.25, 0.3) is 0 Å². The molecule has 0 aliphatic carbocycles. The van der Waals surface area contributed by atoms with Crippen LogP contribution in [0.5, 0.6) is 0 Å². The molecule has 0 bridgehead atoms. The van der Waals surface area contributed by atoms with Crippen LogP contribution in [0.4, 0.5) is 0 Å². The monoisotopic (exact) mass is 292 g/mol. The summed E-state index contributed by atoms with van der Waals surface area (Å²) in [5, 5.41) is 0. The molecular weight excluding hydrogens is 270 g/mol. The van der Waals surface area contributed by atoms with Crippen LogP contribution in [-0.2, 0) is 13.9 Å². The van der Waals surface area contributed by atoms with Gasteiger partial charge < -0.3 is 5.95 Å². The molecule has 5 nitrogen and oxygen atoms in total. The summed E-state index contributed by atoms with van der Waals surface area (Å²) in [6.45, 7) is 2.15. The summed E-state index contributed by atoms with van der Waals surface area (Å²) in [6.07, 6.45) is 7.48. The average molecular weight is 292 g/mol. The Morgan fingerprint density at radius 1 is 1.12 bits per heavy atom. The molecule has 98 valence electrons. The van der Waals surface area contributed by atoms with Crippen LogP contribution in [0.25, 0.3) is 0 Å². The van der Waals surface area contributed by atoms with E-state index >= 15 is 0 Å². The zero-order valence-electron chi connectivity index (χ0n) is 11.7. The average Bonchev–Trinajstić information content (AvgIpc) is 2.13. The minimum Gasteiger partial charge on any atom is -1.00 e. The van der Waals surface area contributed by atoms with Gasteiger partial charge >= 0.3 is 65.2 Å². The first-order valence-corrected chi connectivity index (χ1v) is 7.26. The van der Waals surface area contributed by atoms with Crippen LogP contribution in [0.15, 0.2) is 0 Å². The third kappa shape index (κ3) is 17.3. The molecule has 0 fully saturated rings. The van der Waals surface area contributed by atoms with E-state index in [-0.39, 0.29) is 59.2 Å². The van der Waals surface area contributed by atoms with Gasteiger partial charge in [0, 0.05) is 6.42 Å². The van der Waals surface area contributed by atoms with Crippen molar-refractivity contribution in [3.63, 3.8) is 0 Å². The van der Waals surface area contributed by atoms with E-state index in [2.05, 4.69) is 11.4 Å². The number of phosphoric ester groups is 1. The zero-order chi connectivity index (χ0) is 12.4. The second-order valence-electron chi connectivity index (χ2n) is 3.83. The predicted molar refractivity (Wildman–Crippen MR) is 61.9 cm³/mol. The Labute approximate surface area is 147 Å². The molecule has 0 heterocycles. The topological polar surface area (TPSA) is 83.8 Å². The Hall–Kier alpha value is 1.26. The molecule has 0 saturated heterocycles. The van der Waals surface area contributed by atoms with Crippen LogP contribution in [-0.4, -0.2) is 15.8 Å². The van der Waals surface area contributed by atoms with Crippen LogP contribution in [0.2, 0.25) is 0 Å². The SMILES string of the molecule is CCCCCCCCCC(=O)OP(=O)(O)O.[H-].[K+]. The summed E-state index contributed by atoms with van der Waals surface area (Å²) in [5.41, 5.74) is 0. The van der Waals surface area contributed by atoms with Gasteiger partial charge in [0.15, 0.2) is 0 Å². The summed E-state index contributed by atoms with van der Waals surface area (Å²) in [4.78, 5) is 27.6. The summed E-state index contributed by atoms with van der Waals surface area (Å²) < 4.78 is 14.2. The molecule has 0 aliphatic rings. The van der Waals surface area contributed by atoms with Crippen molar-refractivity contribution in [3.8, 4) is 0 Å². The molecule has 0 atom stereocenters. The molecule has 0 aromatic heterocycles. The number of phosphoric acid groups is 1. The van der Waals surface area contributed by atoms with Crippen LogP contribution in [0.1, 0.15) is 59.7 Å². The van der Waals surface area contributed by atoms with E-state index in [1.54, 1.807) is 0 Å². The van der Waals surface area contributed by atoms with Gasteiger partial charge in [-0.2, -0.15) is 0 Å². The van der Waals surface area contributed by atoms with Crippen molar-refractivity contribution < 1.29 is 76.5 Å². The maximum absolute atomic E-state index is 10.9. The molecule has 0 aromatic rings. The molecule has 0 spiro atoms. The number of hydrogen-bond acceptors (Lipinski definition) is 3. The van der Waals surface area contributed by atoms with Gasteiger partial charge in [0.1, 0.15) is 0 Å². The van der Waals surface area contributed by atoms with E-state index in [4.69, 9.17) is 9.79 Å². The largest absolute Gasteiger partial charge is 1.00 e. The van der Waals surface area contributed by atoms with Crippen molar-refractivity contribution in [2.75, 3.05) is 0 Å². The molecule has 0 unspecified atom stereocenters. The van der Waals surface area contributed by atoms with Gasteiger partial charge in [0.05, 0.1) is 0 Å². The van der Waals surface area contributed by atoms with Gasteiger partial charge in [0.2, 0.25) is 0 Å². The fourth-order valence-electron chi connectivity index (χ4n) is 1.40. The minimum atomic E-state index is -4.64. The first kappa shape index (κ1) is 20.6. The quantitative estimate of drug-likeness (QED) is 0.352. The molecule has 2 N–H and O–H groups in total. The Morgan fingerprint density at radius 2 is 1.59 bits per heavy atom. The van der Waals surface area contributed by atoms with E-state index in [9.17, 15) is 9.36 Å². The second kappa shape index (κ2) is 12.3. The van der Waals surface area contributed by atoms with Crippen molar-refractivity contribution >= 4 is 13.8 Å². The summed E-state index contributed by atoms with van der Waals surface area (Å²) >= 11 is 0. The van der Waals surface area contributed by atoms with Gasteiger partial charge in [-0.15, -0.1) is 0 Å². The van der Waals surface area contributed by atoms with E-state index < -0.39 is 13.8 Å². The number of carbonyl (C=O) groups excluding carboxylic acids is 1. The van der Waals surface area contributed by atoms with E-state index in [0.717, 1.165) is 19.3 Å². The fraction of sp³-hybridized carbons (Fsp3) is 0.900. The Balaban J connectivity index is -0.00000112. The fourth-order valence-corrected chi connectivity index (χ4v) is 1.76. The first-order valence-electron chi connectivity index (χ1n) is 5.73. The molecular formula is C10H22KO5P. The standard InChI is InChI=1S/C10H21O5P.K.H/c1-2-3-4-5-6-7-8-9-10(11)15-16(12,13)14;;/h2-9H2,1H3,(H2,12,13,14);;/q;+1;-1. The van der Waals surface area contributed by atoms with Crippen LogP contribution in [0, 0.1) is 0 Å². The third-order valence-corrected chi connectivity index (χ3v) is 2.65. The summed E-state index contributed by atoms with van der Waals surface area (Å²) in [7, 11) is -4.64. The molecule has 0 aromatic carbocycles. The van der Waals surface area contributed by atoms with E-state index in [1.165, 1.54) is 19.3 Å². The molecule has 0 amide bonds. The number of rotatable bonds is 9. The normalized spacial score (nSPS) is 10.8. The summed E-state index contributed by atoms with van der Waals surface area (Å²) in [5.74, 6) is -0.818. The first-order chi connectivity index (χ1) is 7.45. The van der Waals surface area contributed by atoms with Gasteiger partial charge in [-0.25, -0.2) is 4.57 Å². The number of carbonyl (C=O) groups is 1. The van der Waals surface area contributed by atoms with Crippen molar-refractivity contribution in [3.05, 3.63) is 0 Å². The van der Waals surface area contributed by atoms with E-state index in [1.807, 2.05) is 0 Å². The Bertz CT molecular complexity index is 246. The van der Waals surface area contributed by atoms with Crippen molar-refractivity contribution in [2.45, 2.75) is 58.3 Å². The van der Waals surface area contributed by atoms with Crippen LogP contribution >= 0.6 is 7.82 Å². The Kier molecular flexibility index (Phi) is 14.9. The van der Waals surface area contributed by atoms with Crippen molar-refractivity contribution in [2.24, 2.45) is 0 Å². The number of hydrogen-bond donors (Lipinski definition) is 2. The maximum atomic E-state index is 10.9. The minimum absolute atomic E-state index is 0. The third-order valence-electron chi connectivity index (χ3n) is 2.21. The zero-order valence-corrected chi connectivity index (χ0v) is 14.7. The molecule has 0 radical (unpaired) electrons. The van der Waals surface area contributed by atoms with Crippen LogP contribution in [0.3, 0.4) is 0 Å². The van der Waals surface area contributed by atoms with E-state index in [0.29, 0.717) is 6.42 Å². The molecule has 0 aliphatic heterocycles. The predicted octanol–water partition coefficient (Wildman–Crippen LogP) is -0.121. The smallest absolute Gasteiger partial charge is 1.00 e. The number of unbranched alkanes of at least 4 members (excludes halogenated alkanes) is 6. The van der Waals surface area contributed by atoms with Gasteiger partial charge in [-0.3, -0.25) is 14.6 Å². The molecule has 0 rings (SSSR count). The van der Waals surface area contributed by atoms with Crippen LogP contribution < -0.4 is 51.4 Å². The molecule has 7 heteroatoms. The maximum Gasteiger partial charge on any atom is 1.00 e. The Morgan fingerprint density at radius 3 is 2.06 bits per heavy atom. The second-order valence-corrected chi connectivity index (χ2v) is 4.99. The van der Waals surface area contributed by atoms with Gasteiger partial charge in [-0.05, 0) is 6.42 Å². The summed E-state index contributed by atoms with van der Waals surface area (Å²) in [6, 6.07) is 0. The molecule has 17 heavy (non-hydrogen) atoms. The van der Waals surface area contributed by atoms with Gasteiger partial charge in [-0.1, -0.05) is 45.4 Å². The van der Waals surface area contributed by atoms with Crippen molar-refractivity contribution in [1.29, 1.82) is 0 Å².